The molecule has 0 saturated carbocycles. The molecule has 0 aliphatic heterocycles. The van der Waals surface area contributed by atoms with Crippen LogP contribution < -0.4 is 14.8 Å². The smallest absolute Gasteiger partial charge is 0.265 e. The van der Waals surface area contributed by atoms with Gasteiger partial charge in [0.25, 0.3) is 5.91 Å². The number of amides is 1. The number of halogens is 1. The van der Waals surface area contributed by atoms with Gasteiger partial charge in [0.05, 0.1) is 12.2 Å². The van der Waals surface area contributed by atoms with Crippen LogP contribution in [0, 0.1) is 6.92 Å². The number of hydrogen-bond donors (Lipinski definition) is 1. The first-order chi connectivity index (χ1) is 16.7. The Kier molecular flexibility index (Phi) is 9.29. The standard InChI is InChI=1S/C28H31ClN2O4/c1-19-17-23(34-16-8-15-31(3)4)12-13-25(19)30-28(33)20(2)35-26-14-11-22(29)18-24(26)27(32)21-9-6-5-7-10-21/h5-7,9-14,17-18,20H,8,15-16H2,1-4H3,(H,30,33). The molecule has 0 bridgehead atoms. The van der Waals surface area contributed by atoms with Gasteiger partial charge in [-0.05, 0) is 76.3 Å². The highest BCUT2D eigenvalue weighted by Crippen LogP contribution is 2.27. The second-order valence-electron chi connectivity index (χ2n) is 8.57. The highest BCUT2D eigenvalue weighted by molar-refractivity contribution is 6.31. The van der Waals surface area contributed by atoms with Crippen molar-refractivity contribution in [1.82, 2.24) is 4.90 Å². The van der Waals surface area contributed by atoms with E-state index >= 15 is 0 Å². The highest BCUT2D eigenvalue weighted by Gasteiger charge is 2.21. The van der Waals surface area contributed by atoms with E-state index in [0.717, 1.165) is 24.3 Å². The number of ketones is 1. The lowest BCUT2D eigenvalue weighted by molar-refractivity contribution is -0.122. The van der Waals surface area contributed by atoms with Crippen molar-refractivity contribution >= 4 is 29.0 Å². The Labute approximate surface area is 211 Å². The molecular weight excluding hydrogens is 464 g/mol. The Balaban J connectivity index is 1.65. The van der Waals surface area contributed by atoms with Crippen LogP contribution in [0.1, 0.15) is 34.8 Å². The minimum atomic E-state index is -0.847. The summed E-state index contributed by atoms with van der Waals surface area (Å²) in [5, 5.41) is 3.30. The molecule has 0 aliphatic rings. The first-order valence-electron chi connectivity index (χ1n) is 11.5. The van der Waals surface area contributed by atoms with Crippen LogP contribution in [0.2, 0.25) is 5.02 Å². The van der Waals surface area contributed by atoms with E-state index in [2.05, 4.69) is 10.2 Å². The van der Waals surface area contributed by atoms with Gasteiger partial charge in [-0.25, -0.2) is 0 Å². The van der Waals surface area contributed by atoms with Crippen LogP contribution >= 0.6 is 11.6 Å². The molecule has 1 N–H and O–H groups in total. The zero-order valence-electron chi connectivity index (χ0n) is 20.5. The van der Waals surface area contributed by atoms with Crippen LogP contribution in [0.5, 0.6) is 11.5 Å². The lowest BCUT2D eigenvalue weighted by Gasteiger charge is -2.18. The Bertz CT molecular complexity index is 1160. The van der Waals surface area contributed by atoms with Crippen molar-refractivity contribution in [3.63, 3.8) is 0 Å². The number of benzene rings is 3. The number of anilines is 1. The Morgan fingerprint density at radius 3 is 2.46 bits per heavy atom. The maximum absolute atomic E-state index is 13.0. The first-order valence-corrected chi connectivity index (χ1v) is 11.9. The van der Waals surface area contributed by atoms with E-state index in [4.69, 9.17) is 21.1 Å². The SMILES string of the molecule is Cc1cc(OCCCN(C)C)ccc1NC(=O)C(C)Oc1ccc(Cl)cc1C(=O)c1ccccc1. The molecule has 3 aromatic carbocycles. The van der Waals surface area contributed by atoms with Crippen molar-refractivity contribution in [2.45, 2.75) is 26.4 Å². The molecule has 0 fully saturated rings. The van der Waals surface area contributed by atoms with Crippen LogP contribution in [0.3, 0.4) is 0 Å². The molecule has 184 valence electrons. The summed E-state index contributed by atoms with van der Waals surface area (Å²) in [5.74, 6) is 0.492. The van der Waals surface area contributed by atoms with Gasteiger partial charge in [0, 0.05) is 22.8 Å². The van der Waals surface area contributed by atoms with E-state index in [1.807, 2.05) is 45.3 Å². The molecule has 1 unspecified atom stereocenters. The van der Waals surface area contributed by atoms with Crippen LogP contribution in [0.15, 0.2) is 66.7 Å². The van der Waals surface area contributed by atoms with Gasteiger partial charge in [-0.1, -0.05) is 41.9 Å². The summed E-state index contributed by atoms with van der Waals surface area (Å²) in [6.45, 7) is 5.12. The molecule has 6 nitrogen and oxygen atoms in total. The van der Waals surface area contributed by atoms with Crippen LogP contribution in [0.4, 0.5) is 5.69 Å². The fraction of sp³-hybridized carbons (Fsp3) is 0.286. The highest BCUT2D eigenvalue weighted by atomic mass is 35.5. The molecule has 0 heterocycles. The number of hydrogen-bond acceptors (Lipinski definition) is 5. The number of nitrogens with zero attached hydrogens (tertiary/aromatic N) is 1. The van der Waals surface area contributed by atoms with Crippen LogP contribution in [0.25, 0.3) is 0 Å². The van der Waals surface area contributed by atoms with Gasteiger partial charge in [-0.15, -0.1) is 0 Å². The van der Waals surface area contributed by atoms with Crippen LogP contribution in [-0.2, 0) is 4.79 Å². The minimum absolute atomic E-state index is 0.229. The average Bonchev–Trinajstić information content (AvgIpc) is 2.84. The maximum Gasteiger partial charge on any atom is 0.265 e. The summed E-state index contributed by atoms with van der Waals surface area (Å²) in [7, 11) is 4.06. The molecule has 3 rings (SSSR count). The molecule has 1 atom stereocenters. The normalized spacial score (nSPS) is 11.7. The molecule has 0 aliphatic carbocycles. The quantitative estimate of drug-likeness (QED) is 0.277. The maximum atomic E-state index is 13.0. The lowest BCUT2D eigenvalue weighted by atomic mass is 10.0. The molecule has 0 radical (unpaired) electrons. The van der Waals surface area contributed by atoms with Gasteiger partial charge < -0.3 is 19.7 Å². The third-order valence-electron chi connectivity index (χ3n) is 5.37. The van der Waals surface area contributed by atoms with Crippen molar-refractivity contribution in [2.75, 3.05) is 32.6 Å². The van der Waals surface area contributed by atoms with Crippen LogP contribution in [-0.4, -0.2) is 49.9 Å². The van der Waals surface area contributed by atoms with Crippen molar-refractivity contribution in [2.24, 2.45) is 0 Å². The van der Waals surface area contributed by atoms with Crippen molar-refractivity contribution < 1.29 is 19.1 Å². The van der Waals surface area contributed by atoms with Crippen molar-refractivity contribution in [3.8, 4) is 11.5 Å². The topological polar surface area (TPSA) is 67.9 Å². The molecule has 3 aromatic rings. The predicted octanol–water partition coefficient (Wildman–Crippen LogP) is 5.62. The molecule has 7 heteroatoms. The van der Waals surface area contributed by atoms with E-state index in [0.29, 0.717) is 34.2 Å². The number of aryl methyl sites for hydroxylation is 1. The zero-order chi connectivity index (χ0) is 25.4. The summed E-state index contributed by atoms with van der Waals surface area (Å²) in [6.07, 6.45) is 0.0821. The summed E-state index contributed by atoms with van der Waals surface area (Å²) in [5.41, 5.74) is 2.36. The summed E-state index contributed by atoms with van der Waals surface area (Å²) in [4.78, 5) is 28.0. The molecule has 0 spiro atoms. The van der Waals surface area contributed by atoms with E-state index in [1.165, 1.54) is 0 Å². The average molecular weight is 495 g/mol. The number of rotatable bonds is 11. The second-order valence-corrected chi connectivity index (χ2v) is 9.00. The third-order valence-corrected chi connectivity index (χ3v) is 5.60. The van der Waals surface area contributed by atoms with Gasteiger partial charge in [-0.2, -0.15) is 0 Å². The minimum Gasteiger partial charge on any atom is -0.494 e. The Hall–Kier alpha value is -3.35. The van der Waals surface area contributed by atoms with Gasteiger partial charge >= 0.3 is 0 Å². The van der Waals surface area contributed by atoms with Crippen molar-refractivity contribution in [3.05, 3.63) is 88.4 Å². The van der Waals surface area contributed by atoms with E-state index in [1.54, 1.807) is 49.4 Å². The van der Waals surface area contributed by atoms with Gasteiger partial charge in [0.15, 0.2) is 11.9 Å². The van der Waals surface area contributed by atoms with Gasteiger partial charge in [0.2, 0.25) is 0 Å². The summed E-state index contributed by atoms with van der Waals surface area (Å²) in [6, 6.07) is 19.2. The van der Waals surface area contributed by atoms with Gasteiger partial charge in [-0.3, -0.25) is 9.59 Å². The zero-order valence-corrected chi connectivity index (χ0v) is 21.3. The van der Waals surface area contributed by atoms with Crippen molar-refractivity contribution in [1.29, 1.82) is 0 Å². The summed E-state index contributed by atoms with van der Waals surface area (Å²) < 4.78 is 11.7. The number of ether oxygens (including phenoxy) is 2. The monoisotopic (exact) mass is 494 g/mol. The van der Waals surface area contributed by atoms with E-state index in [9.17, 15) is 9.59 Å². The number of nitrogens with one attached hydrogen (secondary N) is 1. The first kappa shape index (κ1) is 26.3. The van der Waals surface area contributed by atoms with Gasteiger partial charge in [0.1, 0.15) is 11.5 Å². The molecule has 0 aromatic heterocycles. The molecular formula is C28H31ClN2O4. The molecule has 1 amide bonds. The molecule has 0 saturated heterocycles. The largest absolute Gasteiger partial charge is 0.494 e. The predicted molar refractivity (Wildman–Crippen MR) is 140 cm³/mol. The third kappa shape index (κ3) is 7.57. The fourth-order valence-electron chi connectivity index (χ4n) is 3.44. The fourth-order valence-corrected chi connectivity index (χ4v) is 3.61. The molecule has 35 heavy (non-hydrogen) atoms. The number of carbonyl (C=O) groups is 2. The summed E-state index contributed by atoms with van der Waals surface area (Å²) >= 11 is 6.14. The Morgan fingerprint density at radius 1 is 1.03 bits per heavy atom. The number of carbonyl (C=O) groups excluding carboxylic acids is 2. The lowest BCUT2D eigenvalue weighted by Crippen LogP contribution is -2.31. The Morgan fingerprint density at radius 2 is 1.77 bits per heavy atom. The van der Waals surface area contributed by atoms with E-state index < -0.39 is 6.10 Å². The second kappa shape index (κ2) is 12.4. The van der Waals surface area contributed by atoms with E-state index in [-0.39, 0.29) is 11.7 Å².